The van der Waals surface area contributed by atoms with Gasteiger partial charge in [-0.15, -0.1) is 11.3 Å². The molecule has 0 radical (unpaired) electrons. The van der Waals surface area contributed by atoms with E-state index in [0.29, 0.717) is 11.4 Å². The first kappa shape index (κ1) is 44.4. The van der Waals surface area contributed by atoms with E-state index in [0.717, 1.165) is 64.9 Å². The van der Waals surface area contributed by atoms with Crippen molar-refractivity contribution < 1.29 is 6.85 Å². The van der Waals surface area contributed by atoms with Gasteiger partial charge >= 0.3 is 0 Å². The lowest BCUT2D eigenvalue weighted by Gasteiger charge is -2.45. The third kappa shape index (κ3) is 7.94. The van der Waals surface area contributed by atoms with Gasteiger partial charge in [0.25, 0.3) is 6.71 Å². The predicted molar refractivity (Wildman–Crippen MR) is 336 cm³/mol. The molecule has 13 rings (SSSR count). The lowest BCUT2D eigenvalue weighted by Crippen LogP contribution is -2.60. The van der Waals surface area contributed by atoms with Crippen LogP contribution in [0.25, 0.3) is 20.9 Å². The Labute approximate surface area is 471 Å². The van der Waals surface area contributed by atoms with Crippen LogP contribution in [0.4, 0.5) is 51.2 Å². The fourth-order valence-electron chi connectivity index (χ4n) is 13.6. The van der Waals surface area contributed by atoms with Crippen molar-refractivity contribution in [3.8, 4) is 0 Å². The normalized spacial score (nSPS) is 18.5. The Kier molecular flexibility index (Phi) is 9.79. The summed E-state index contributed by atoms with van der Waals surface area (Å²) in [5.41, 5.74) is 18.0. The van der Waals surface area contributed by atoms with Gasteiger partial charge in [-0.2, -0.15) is 0 Å². The molecule has 4 aliphatic rings. The summed E-state index contributed by atoms with van der Waals surface area (Å²) >= 11 is 1.95. The van der Waals surface area contributed by atoms with Gasteiger partial charge in [-0.3, -0.25) is 0 Å². The van der Waals surface area contributed by atoms with E-state index in [9.17, 15) is 5.48 Å². The van der Waals surface area contributed by atoms with Crippen LogP contribution in [-0.2, 0) is 32.5 Å². The van der Waals surface area contributed by atoms with Crippen molar-refractivity contribution in [2.75, 3.05) is 14.7 Å². The van der Waals surface area contributed by atoms with E-state index in [1.54, 1.807) is 0 Å². The Balaban J connectivity index is 1.22. The number of para-hydroxylation sites is 1. The van der Waals surface area contributed by atoms with Gasteiger partial charge in [-0.05, 0) is 192 Å². The van der Waals surface area contributed by atoms with Crippen LogP contribution in [0.15, 0.2) is 158 Å². The second-order valence-electron chi connectivity index (χ2n) is 27.6. The van der Waals surface area contributed by atoms with E-state index in [-0.39, 0.29) is 69.1 Å². The number of thiophene rings is 1. The molecule has 0 N–H and O–H groups in total. The predicted octanol–water partition coefficient (Wildman–Crippen LogP) is 18.9. The molecule has 3 nitrogen and oxygen atoms in total. The minimum Gasteiger partial charge on any atom is -0.311 e. The van der Waals surface area contributed by atoms with Gasteiger partial charge in [0.15, 0.2) is 0 Å². The molecule has 3 heterocycles. The number of benzene rings is 8. The number of hydrogen-bond acceptors (Lipinski definition) is 4. The standard InChI is InChI=1S/C72H76BN3S/c1-67(2,3)47-25-29-50(30-26-47)75-60-33-27-48(68(4,5)6)39-59(60)73-64-61(75)41-53(74(49-22-16-15-17-23-49)51-28-24-45-20-18-19-21-46(45)38-51)42-62(64)76(52-31-32-55-56(40-52)70(9,10)35-34-69(55,7)8)65-54-43-57-58(44-63(54)77-66(65)73)72(13,14)37-36-71(57,11)12/h15-33,38-44H,34-37H2,1-14H3/i15D,16D,17D,22D,23D. The topological polar surface area (TPSA) is 9.72 Å². The molecule has 2 aliphatic carbocycles. The second-order valence-corrected chi connectivity index (χ2v) is 28.7. The van der Waals surface area contributed by atoms with Crippen molar-refractivity contribution in [3.05, 3.63) is 191 Å². The molecule has 0 bridgehead atoms. The molecule has 8 aromatic carbocycles. The van der Waals surface area contributed by atoms with Gasteiger partial charge in [-0.25, -0.2) is 0 Å². The van der Waals surface area contributed by atoms with Crippen LogP contribution in [0.2, 0.25) is 0 Å². The highest BCUT2D eigenvalue weighted by Gasteiger charge is 2.48. The van der Waals surface area contributed by atoms with Crippen molar-refractivity contribution >= 4 is 106 Å². The monoisotopic (exact) mass is 1030 g/mol. The maximum atomic E-state index is 9.77. The Bertz CT molecular complexity index is 4150. The lowest BCUT2D eigenvalue weighted by atomic mass is 9.36. The highest BCUT2D eigenvalue weighted by Crippen LogP contribution is 2.55. The highest BCUT2D eigenvalue weighted by atomic mass is 32.1. The molecule has 0 fully saturated rings. The van der Waals surface area contributed by atoms with Crippen LogP contribution in [0.1, 0.15) is 163 Å². The van der Waals surface area contributed by atoms with Crippen LogP contribution >= 0.6 is 11.3 Å². The summed E-state index contributed by atoms with van der Waals surface area (Å²) in [4.78, 5) is 6.97. The molecule has 0 amide bonds. The largest absolute Gasteiger partial charge is 0.311 e. The van der Waals surface area contributed by atoms with E-state index in [1.165, 1.54) is 64.9 Å². The van der Waals surface area contributed by atoms with Crippen LogP contribution in [0.5, 0.6) is 0 Å². The third-order valence-corrected chi connectivity index (χ3v) is 19.7. The average molecular weight is 1030 g/mol. The van der Waals surface area contributed by atoms with Crippen molar-refractivity contribution in [1.29, 1.82) is 0 Å². The van der Waals surface area contributed by atoms with Gasteiger partial charge in [0.1, 0.15) is 0 Å². The zero-order chi connectivity index (χ0) is 58.3. The van der Waals surface area contributed by atoms with Crippen LogP contribution in [0.3, 0.4) is 0 Å². The quantitative estimate of drug-likeness (QED) is 0.159. The van der Waals surface area contributed by atoms with Crippen LogP contribution in [0, 0.1) is 0 Å². The van der Waals surface area contributed by atoms with Crippen molar-refractivity contribution in [2.24, 2.45) is 0 Å². The minimum atomic E-state index is -0.424. The number of fused-ring (bicyclic) bond motifs is 9. The maximum Gasteiger partial charge on any atom is 0.264 e. The molecule has 0 unspecified atom stereocenters. The lowest BCUT2D eigenvalue weighted by molar-refractivity contribution is 0.332. The molecule has 1 aromatic heterocycles. The van der Waals surface area contributed by atoms with Crippen LogP contribution in [-0.4, -0.2) is 6.71 Å². The van der Waals surface area contributed by atoms with Crippen molar-refractivity contribution in [1.82, 2.24) is 0 Å². The zero-order valence-corrected chi connectivity index (χ0v) is 48.6. The Morgan fingerprint density at radius 2 is 1.06 bits per heavy atom. The van der Waals surface area contributed by atoms with Gasteiger partial charge in [0.2, 0.25) is 0 Å². The molecule has 5 heteroatoms. The minimum absolute atomic E-state index is 0.00283. The molecule has 0 saturated heterocycles. The number of rotatable bonds is 5. The summed E-state index contributed by atoms with van der Waals surface area (Å²) in [6.07, 6.45) is 4.39. The zero-order valence-electron chi connectivity index (χ0n) is 52.8. The molecular formula is C72H76BN3S. The Morgan fingerprint density at radius 3 is 1.71 bits per heavy atom. The second kappa shape index (κ2) is 17.0. The molecule has 9 aromatic rings. The van der Waals surface area contributed by atoms with Gasteiger partial charge < -0.3 is 14.7 Å². The summed E-state index contributed by atoms with van der Waals surface area (Å²) in [6.45, 7) is 32.9. The summed E-state index contributed by atoms with van der Waals surface area (Å²) in [5, 5.41) is 3.26. The Hall–Kier alpha value is -6.56. The number of anilines is 9. The Morgan fingerprint density at radius 1 is 0.494 bits per heavy atom. The molecule has 77 heavy (non-hydrogen) atoms. The third-order valence-electron chi connectivity index (χ3n) is 18.5. The molecule has 0 saturated carbocycles. The van der Waals surface area contributed by atoms with E-state index in [4.69, 9.17) is 1.37 Å². The first-order valence-corrected chi connectivity index (χ1v) is 28.9. The number of hydrogen-bond donors (Lipinski definition) is 0. The molecule has 2 aliphatic heterocycles. The van der Waals surface area contributed by atoms with Crippen LogP contribution < -0.4 is 30.4 Å². The van der Waals surface area contributed by atoms with Gasteiger partial charge in [0.05, 0.1) is 18.2 Å². The number of nitrogens with zero attached hydrogens (tertiary/aromatic N) is 3. The maximum absolute atomic E-state index is 9.77. The fourth-order valence-corrected chi connectivity index (χ4v) is 14.9. The summed E-state index contributed by atoms with van der Waals surface area (Å²) in [5.74, 6) is 0. The highest BCUT2D eigenvalue weighted by molar-refractivity contribution is 7.33. The molecule has 388 valence electrons. The van der Waals surface area contributed by atoms with E-state index in [2.05, 4.69) is 216 Å². The summed E-state index contributed by atoms with van der Waals surface area (Å²) < 4.78 is 49.3. The van der Waals surface area contributed by atoms with Crippen molar-refractivity contribution in [3.63, 3.8) is 0 Å². The molecular weight excluding hydrogens is 950 g/mol. The van der Waals surface area contributed by atoms with E-state index in [1.807, 2.05) is 34.4 Å². The first-order valence-electron chi connectivity index (χ1n) is 30.6. The molecule has 0 atom stereocenters. The SMILES string of the molecule is [2H]c1c([2H])c([2H])c(N(c2cc3c4c(c2)N(c2ccc5c(c2)C(C)(C)CCC5(C)C)c2c(sc5cc6c(cc25)C(C)(C)CCC6(C)C)B4c2cc(C(C)(C)C)ccc2N3c2ccc(C(C)(C)C)cc2)c2ccc3ccccc3c2)c([2H])c1[2H]. The average Bonchev–Trinajstić information content (AvgIpc) is 1.46. The molecule has 0 spiro atoms. The van der Waals surface area contributed by atoms with Gasteiger partial charge in [-0.1, -0.05) is 176 Å². The summed E-state index contributed by atoms with van der Waals surface area (Å²) in [6, 6.07) is 45.9. The first-order chi connectivity index (χ1) is 38.5. The fraction of sp³-hybridized carbons (Fsp3) is 0.333. The van der Waals surface area contributed by atoms with E-state index >= 15 is 0 Å². The van der Waals surface area contributed by atoms with E-state index < -0.39 is 6.04 Å². The van der Waals surface area contributed by atoms with Crippen molar-refractivity contribution in [2.45, 2.75) is 155 Å². The smallest absolute Gasteiger partial charge is 0.264 e. The van der Waals surface area contributed by atoms with Gasteiger partial charge in [0, 0.05) is 54.7 Å². The summed E-state index contributed by atoms with van der Waals surface area (Å²) in [7, 11) is 0.